The summed E-state index contributed by atoms with van der Waals surface area (Å²) in [4.78, 5) is 15.0. The molecule has 1 aromatic heterocycles. The summed E-state index contributed by atoms with van der Waals surface area (Å²) in [5, 5.41) is 8.94. The van der Waals surface area contributed by atoms with E-state index in [0.717, 1.165) is 35.6 Å². The number of anilines is 1. The molecule has 0 saturated heterocycles. The number of carboxylic acids is 1. The van der Waals surface area contributed by atoms with Crippen molar-refractivity contribution in [2.75, 3.05) is 4.72 Å². The second-order valence-electron chi connectivity index (χ2n) is 4.19. The van der Waals surface area contributed by atoms with Crippen molar-refractivity contribution in [1.82, 2.24) is 4.98 Å². The van der Waals surface area contributed by atoms with Crippen LogP contribution in [-0.2, 0) is 14.8 Å². The van der Waals surface area contributed by atoms with E-state index in [1.165, 1.54) is 13.1 Å². The van der Waals surface area contributed by atoms with Crippen LogP contribution in [0.5, 0.6) is 0 Å². The minimum Gasteiger partial charge on any atom is -0.481 e. The average molecular weight is 330 g/mol. The molecule has 2 N–H and O–H groups in total. The molecule has 0 saturated carbocycles. The van der Waals surface area contributed by atoms with E-state index in [4.69, 9.17) is 5.11 Å². The SMILES string of the molecule is CC(C(=O)O)c1cnc(NS(=O)(=O)c2ccc(F)cc2)s1. The molecule has 1 unspecified atom stereocenters. The van der Waals surface area contributed by atoms with Crippen LogP contribution in [0.25, 0.3) is 0 Å². The number of aliphatic carboxylic acids is 1. The number of nitrogens with zero attached hydrogens (tertiary/aromatic N) is 1. The summed E-state index contributed by atoms with van der Waals surface area (Å²) in [6.07, 6.45) is 1.31. The Morgan fingerprint density at radius 2 is 2.00 bits per heavy atom. The highest BCUT2D eigenvalue weighted by molar-refractivity contribution is 7.93. The third-order valence-electron chi connectivity index (χ3n) is 2.67. The minimum atomic E-state index is -3.88. The summed E-state index contributed by atoms with van der Waals surface area (Å²) >= 11 is 0.938. The van der Waals surface area contributed by atoms with Crippen molar-refractivity contribution in [3.8, 4) is 0 Å². The van der Waals surface area contributed by atoms with Crippen LogP contribution in [0.15, 0.2) is 35.4 Å². The first kappa shape index (κ1) is 15.4. The van der Waals surface area contributed by atoms with Gasteiger partial charge in [0, 0.05) is 11.1 Å². The lowest BCUT2D eigenvalue weighted by molar-refractivity contribution is -0.138. The highest BCUT2D eigenvalue weighted by atomic mass is 32.2. The van der Waals surface area contributed by atoms with E-state index < -0.39 is 27.7 Å². The molecule has 0 aliphatic rings. The molecule has 0 aliphatic heterocycles. The third kappa shape index (κ3) is 3.56. The average Bonchev–Trinajstić information content (AvgIpc) is 2.85. The van der Waals surface area contributed by atoms with Gasteiger partial charge in [0.1, 0.15) is 5.82 Å². The van der Waals surface area contributed by atoms with Gasteiger partial charge in [0.15, 0.2) is 5.13 Å². The molecule has 6 nitrogen and oxygen atoms in total. The fraction of sp³-hybridized carbons (Fsp3) is 0.167. The Bertz CT molecular complexity index is 756. The molecule has 0 fully saturated rings. The molecule has 0 bridgehead atoms. The van der Waals surface area contributed by atoms with Crippen molar-refractivity contribution in [3.05, 3.63) is 41.2 Å². The van der Waals surface area contributed by atoms with Gasteiger partial charge in [0.05, 0.1) is 10.8 Å². The van der Waals surface area contributed by atoms with E-state index in [1.807, 2.05) is 0 Å². The van der Waals surface area contributed by atoms with E-state index in [0.29, 0.717) is 4.88 Å². The van der Waals surface area contributed by atoms with Crippen molar-refractivity contribution in [2.24, 2.45) is 0 Å². The topological polar surface area (TPSA) is 96.4 Å². The van der Waals surface area contributed by atoms with E-state index in [9.17, 15) is 17.6 Å². The Hall–Kier alpha value is -2.00. The van der Waals surface area contributed by atoms with Crippen LogP contribution in [0.2, 0.25) is 0 Å². The largest absolute Gasteiger partial charge is 0.481 e. The molecule has 0 spiro atoms. The van der Waals surface area contributed by atoms with Gasteiger partial charge in [-0.25, -0.2) is 17.8 Å². The summed E-state index contributed by atoms with van der Waals surface area (Å²) in [7, 11) is -3.88. The summed E-state index contributed by atoms with van der Waals surface area (Å²) in [6, 6.07) is 4.33. The quantitative estimate of drug-likeness (QED) is 0.876. The molecule has 1 heterocycles. The Morgan fingerprint density at radius 1 is 1.38 bits per heavy atom. The highest BCUT2D eigenvalue weighted by Gasteiger charge is 2.20. The number of aromatic nitrogens is 1. The second-order valence-corrected chi connectivity index (χ2v) is 6.93. The predicted octanol–water partition coefficient (Wildman–Crippen LogP) is 2.27. The molecule has 0 radical (unpaired) electrons. The van der Waals surface area contributed by atoms with Crippen molar-refractivity contribution >= 4 is 32.5 Å². The van der Waals surface area contributed by atoms with E-state index in [1.54, 1.807) is 0 Å². The van der Waals surface area contributed by atoms with E-state index >= 15 is 0 Å². The van der Waals surface area contributed by atoms with Gasteiger partial charge in [-0.2, -0.15) is 0 Å². The fourth-order valence-electron chi connectivity index (χ4n) is 1.44. The van der Waals surface area contributed by atoms with Crippen molar-refractivity contribution in [3.63, 3.8) is 0 Å². The molecule has 9 heteroatoms. The lowest BCUT2D eigenvalue weighted by Crippen LogP contribution is -2.12. The first-order chi connectivity index (χ1) is 9.79. The van der Waals surface area contributed by atoms with Crippen LogP contribution in [0.4, 0.5) is 9.52 Å². The zero-order chi connectivity index (χ0) is 15.6. The van der Waals surface area contributed by atoms with Gasteiger partial charge >= 0.3 is 5.97 Å². The number of rotatable bonds is 5. The van der Waals surface area contributed by atoms with Crippen LogP contribution in [0.3, 0.4) is 0 Å². The Morgan fingerprint density at radius 3 is 2.57 bits per heavy atom. The van der Waals surface area contributed by atoms with Crippen molar-refractivity contribution in [1.29, 1.82) is 0 Å². The maximum absolute atomic E-state index is 12.8. The number of nitrogens with one attached hydrogen (secondary N) is 1. The number of halogens is 1. The van der Waals surface area contributed by atoms with Gasteiger partial charge in [0.25, 0.3) is 10.0 Å². The fourth-order valence-corrected chi connectivity index (χ4v) is 3.55. The minimum absolute atomic E-state index is 0.0578. The smallest absolute Gasteiger partial charge is 0.311 e. The second kappa shape index (κ2) is 5.78. The predicted molar refractivity (Wildman–Crippen MR) is 75.4 cm³/mol. The van der Waals surface area contributed by atoms with Crippen molar-refractivity contribution in [2.45, 2.75) is 17.7 Å². The van der Waals surface area contributed by atoms with Crippen LogP contribution >= 0.6 is 11.3 Å². The number of thiazole rings is 1. The summed E-state index contributed by atoms with van der Waals surface area (Å²) in [6.45, 7) is 1.48. The van der Waals surface area contributed by atoms with Gasteiger partial charge in [-0.15, -0.1) is 11.3 Å². The Kier molecular flexibility index (Phi) is 4.24. The molecule has 2 rings (SSSR count). The molecule has 0 amide bonds. The van der Waals surface area contributed by atoms with Gasteiger partial charge in [-0.05, 0) is 31.2 Å². The number of carbonyl (C=O) groups is 1. The van der Waals surface area contributed by atoms with Crippen LogP contribution in [0.1, 0.15) is 17.7 Å². The molecule has 0 aliphatic carbocycles. The normalized spacial score (nSPS) is 12.9. The summed E-state index contributed by atoms with van der Waals surface area (Å²) in [5.41, 5.74) is 0. The molecular formula is C12H11FN2O4S2. The summed E-state index contributed by atoms with van der Waals surface area (Å²) < 4.78 is 39.1. The maximum Gasteiger partial charge on any atom is 0.311 e. The standard InChI is InChI=1S/C12H11FN2O4S2/c1-7(11(16)17)10-6-14-12(20-10)15-21(18,19)9-4-2-8(13)3-5-9/h2-7H,1H3,(H,14,15)(H,16,17). The molecule has 21 heavy (non-hydrogen) atoms. The number of benzene rings is 1. The number of carboxylic acid groups (broad SMARTS) is 1. The van der Waals surface area contributed by atoms with Gasteiger partial charge in [0.2, 0.25) is 0 Å². The Labute approximate surface area is 124 Å². The van der Waals surface area contributed by atoms with Gasteiger partial charge < -0.3 is 5.11 Å². The zero-order valence-corrected chi connectivity index (χ0v) is 12.4. The zero-order valence-electron chi connectivity index (χ0n) is 10.8. The lowest BCUT2D eigenvalue weighted by Gasteiger charge is -2.05. The number of sulfonamides is 1. The van der Waals surface area contributed by atoms with Crippen LogP contribution < -0.4 is 4.72 Å². The Balaban J connectivity index is 2.21. The molecular weight excluding hydrogens is 319 g/mol. The van der Waals surface area contributed by atoms with Crippen LogP contribution in [0, 0.1) is 5.82 Å². The van der Waals surface area contributed by atoms with Crippen LogP contribution in [-0.4, -0.2) is 24.5 Å². The van der Waals surface area contributed by atoms with Gasteiger partial charge in [-0.1, -0.05) is 0 Å². The monoisotopic (exact) mass is 330 g/mol. The highest BCUT2D eigenvalue weighted by Crippen LogP contribution is 2.27. The van der Waals surface area contributed by atoms with Crippen molar-refractivity contribution < 1.29 is 22.7 Å². The molecule has 1 atom stereocenters. The van der Waals surface area contributed by atoms with E-state index in [2.05, 4.69) is 9.71 Å². The van der Waals surface area contributed by atoms with E-state index in [-0.39, 0.29) is 10.0 Å². The van der Waals surface area contributed by atoms with Gasteiger partial charge in [-0.3, -0.25) is 9.52 Å². The third-order valence-corrected chi connectivity index (χ3v) is 5.25. The molecule has 1 aromatic carbocycles. The summed E-state index contributed by atoms with van der Waals surface area (Å²) in [5.74, 6) is -2.33. The lowest BCUT2D eigenvalue weighted by atomic mass is 10.2. The molecule has 2 aromatic rings. The maximum atomic E-state index is 12.8. The number of hydrogen-bond acceptors (Lipinski definition) is 5. The first-order valence-corrected chi connectivity index (χ1v) is 8.06. The molecule has 112 valence electrons. The first-order valence-electron chi connectivity index (χ1n) is 5.76. The number of hydrogen-bond donors (Lipinski definition) is 2.